The Hall–Kier alpha value is -2.99. The van der Waals surface area contributed by atoms with Crippen molar-refractivity contribution in [3.05, 3.63) is 63.7 Å². The number of piperazine rings is 1. The normalized spacial score (nSPS) is 20.2. The summed E-state index contributed by atoms with van der Waals surface area (Å²) in [7, 11) is -2.01. The molecule has 1 heterocycles. The number of sulfonamides is 1. The molecule has 170 valence electrons. The Kier molecular flexibility index (Phi) is 4.80. The molecule has 33 heavy (non-hydrogen) atoms. The van der Waals surface area contributed by atoms with Gasteiger partial charge in [-0.25, -0.2) is 8.42 Å². The van der Waals surface area contributed by atoms with E-state index in [1.54, 1.807) is 12.1 Å². The molecule has 0 amide bonds. The number of hydrogen-bond donors (Lipinski definition) is 1. The van der Waals surface area contributed by atoms with Gasteiger partial charge in [-0.15, -0.1) is 0 Å². The fraction of sp³-hybridized carbons (Fsp3) is 0.360. The Morgan fingerprint density at radius 1 is 1.06 bits per heavy atom. The third kappa shape index (κ3) is 3.15. The van der Waals surface area contributed by atoms with Gasteiger partial charge in [0.1, 0.15) is 10.6 Å². The van der Waals surface area contributed by atoms with E-state index in [9.17, 15) is 23.6 Å². The van der Waals surface area contributed by atoms with Gasteiger partial charge >= 0.3 is 0 Å². The van der Waals surface area contributed by atoms with Gasteiger partial charge in [0.05, 0.1) is 11.6 Å². The second-order valence-corrected chi connectivity index (χ2v) is 11.4. The summed E-state index contributed by atoms with van der Waals surface area (Å²) in [5.41, 5.74) is 4.11. The van der Waals surface area contributed by atoms with Crippen molar-refractivity contribution < 1.29 is 18.3 Å². The van der Waals surface area contributed by atoms with E-state index in [0.29, 0.717) is 54.9 Å². The number of nitrogens with zero attached hydrogens (tertiary/aromatic N) is 3. The fourth-order valence-electron chi connectivity index (χ4n) is 5.23. The van der Waals surface area contributed by atoms with Crippen LogP contribution in [0.5, 0.6) is 5.75 Å². The number of phenolic OH excluding ortho intramolecular Hbond substituents is 1. The third-order valence-corrected chi connectivity index (χ3v) is 9.18. The molecule has 2 aliphatic carbocycles. The van der Waals surface area contributed by atoms with Gasteiger partial charge < -0.3 is 10.0 Å². The lowest BCUT2D eigenvalue weighted by molar-refractivity contribution is 0.105. The number of benzene rings is 2. The largest absolute Gasteiger partial charge is 0.507 e. The lowest BCUT2D eigenvalue weighted by Gasteiger charge is -2.35. The second kappa shape index (κ2) is 7.26. The maximum Gasteiger partial charge on any atom is 0.246 e. The topological polar surface area (TPSA) is 102 Å². The molecule has 1 aliphatic heterocycles. The zero-order valence-corrected chi connectivity index (χ0v) is 19.7. The molecule has 8 heteroatoms. The summed E-state index contributed by atoms with van der Waals surface area (Å²) in [6.07, 6.45) is 0.542. The van der Waals surface area contributed by atoms with Crippen molar-refractivity contribution in [1.82, 2.24) is 9.21 Å². The number of aromatic hydroxyl groups is 1. The Morgan fingerprint density at radius 2 is 1.76 bits per heavy atom. The van der Waals surface area contributed by atoms with Crippen LogP contribution in [0.4, 0.5) is 0 Å². The number of allylic oxidation sites excluding steroid dienone is 2. The number of carbonyl (C=O) groups excluding carboxylic acids is 1. The first-order valence-corrected chi connectivity index (χ1v) is 12.4. The van der Waals surface area contributed by atoms with Crippen LogP contribution in [-0.2, 0) is 21.9 Å². The quantitative estimate of drug-likeness (QED) is 0.735. The molecule has 0 aromatic heterocycles. The van der Waals surface area contributed by atoms with Gasteiger partial charge in [-0.1, -0.05) is 19.9 Å². The highest BCUT2D eigenvalue weighted by molar-refractivity contribution is 7.89. The smallest absolute Gasteiger partial charge is 0.246 e. The zero-order valence-electron chi connectivity index (χ0n) is 18.8. The Balaban J connectivity index is 1.63. The fourth-order valence-corrected chi connectivity index (χ4v) is 6.74. The molecule has 7 nitrogen and oxygen atoms in total. The van der Waals surface area contributed by atoms with E-state index in [4.69, 9.17) is 0 Å². The summed E-state index contributed by atoms with van der Waals surface area (Å²) in [6, 6.07) is 10.3. The average Bonchev–Trinajstić information content (AvgIpc) is 3.17. The van der Waals surface area contributed by atoms with Crippen LogP contribution in [0, 0.1) is 11.3 Å². The first-order chi connectivity index (χ1) is 15.6. The molecule has 0 bridgehead atoms. The van der Waals surface area contributed by atoms with Crippen LogP contribution in [0.2, 0.25) is 0 Å². The van der Waals surface area contributed by atoms with Gasteiger partial charge in [0.2, 0.25) is 10.0 Å². The highest BCUT2D eigenvalue weighted by atomic mass is 32.2. The van der Waals surface area contributed by atoms with Crippen LogP contribution in [0.3, 0.4) is 0 Å². The van der Waals surface area contributed by atoms with Crippen LogP contribution in [0.15, 0.2) is 40.8 Å². The predicted octanol–water partition coefficient (Wildman–Crippen LogP) is 2.68. The predicted molar refractivity (Wildman–Crippen MR) is 124 cm³/mol. The molecule has 5 rings (SSSR count). The first-order valence-electron chi connectivity index (χ1n) is 10.9. The van der Waals surface area contributed by atoms with Crippen LogP contribution >= 0.6 is 0 Å². The molecule has 0 spiro atoms. The number of likely N-dealkylation sites (N-methyl/N-ethyl adjacent to an activating group) is 1. The Labute approximate surface area is 193 Å². The molecule has 0 radical (unpaired) electrons. The lowest BCUT2D eigenvalue weighted by Crippen LogP contribution is -2.47. The van der Waals surface area contributed by atoms with Crippen molar-refractivity contribution in [2.45, 2.75) is 30.6 Å². The highest BCUT2D eigenvalue weighted by Crippen LogP contribution is 2.51. The SMILES string of the molecule is CN1CCN(S(=O)(=O)c2cc3c(cc2O)C(C)(C)C2=C(C3=O)c3ccc(C#N)cc3C2)CC1. The summed E-state index contributed by atoms with van der Waals surface area (Å²) >= 11 is 0. The summed E-state index contributed by atoms with van der Waals surface area (Å²) in [4.78, 5) is 15.5. The van der Waals surface area contributed by atoms with Gasteiger partial charge in [-0.2, -0.15) is 9.57 Å². The van der Waals surface area contributed by atoms with Crippen molar-refractivity contribution in [2.75, 3.05) is 33.2 Å². The second-order valence-electron chi connectivity index (χ2n) is 9.54. The molecule has 3 aliphatic rings. The summed E-state index contributed by atoms with van der Waals surface area (Å²) in [5, 5.41) is 20.1. The van der Waals surface area contributed by atoms with E-state index in [-0.39, 0.29) is 16.4 Å². The van der Waals surface area contributed by atoms with Crippen molar-refractivity contribution >= 4 is 21.4 Å². The first kappa shape index (κ1) is 21.8. The number of rotatable bonds is 2. The highest BCUT2D eigenvalue weighted by Gasteiger charge is 2.44. The van der Waals surface area contributed by atoms with E-state index in [1.165, 1.54) is 16.4 Å². The van der Waals surface area contributed by atoms with E-state index >= 15 is 0 Å². The number of Topliss-reactive ketones (excluding diaryl/α,β-unsaturated/α-hetero) is 1. The summed E-state index contributed by atoms with van der Waals surface area (Å²) in [6.45, 7) is 5.85. The van der Waals surface area contributed by atoms with E-state index in [0.717, 1.165) is 16.7 Å². The molecule has 1 saturated heterocycles. The molecular weight excluding hydrogens is 438 g/mol. The number of carbonyl (C=O) groups is 1. The van der Waals surface area contributed by atoms with Crippen LogP contribution in [-0.4, -0.2) is 61.7 Å². The van der Waals surface area contributed by atoms with Crippen molar-refractivity contribution in [2.24, 2.45) is 0 Å². The van der Waals surface area contributed by atoms with Gasteiger partial charge in [0.25, 0.3) is 0 Å². The summed E-state index contributed by atoms with van der Waals surface area (Å²) in [5.74, 6) is -0.572. The van der Waals surface area contributed by atoms with Gasteiger partial charge in [-0.3, -0.25) is 4.79 Å². The molecule has 0 saturated carbocycles. The summed E-state index contributed by atoms with van der Waals surface area (Å²) < 4.78 is 28.1. The number of nitriles is 1. The van der Waals surface area contributed by atoms with Crippen molar-refractivity contribution in [1.29, 1.82) is 5.26 Å². The van der Waals surface area contributed by atoms with E-state index in [2.05, 4.69) is 6.07 Å². The molecule has 0 atom stereocenters. The zero-order chi connectivity index (χ0) is 23.7. The molecule has 1 fully saturated rings. The maximum atomic E-state index is 13.7. The average molecular weight is 464 g/mol. The number of ketones is 1. The molecule has 1 N–H and O–H groups in total. The van der Waals surface area contributed by atoms with Crippen molar-refractivity contribution in [3.63, 3.8) is 0 Å². The number of fused-ring (bicyclic) bond motifs is 3. The standard InChI is InChI=1S/C25H25N3O4S/c1-25(2)19-13-21(29)22(33(31,32)28-8-6-27(3)7-9-28)12-18(19)24(30)23-17-5-4-15(14-26)10-16(17)11-20(23)25/h4-5,10,12-13,29H,6-9,11H2,1-3H3. The van der Waals surface area contributed by atoms with Gasteiger partial charge in [-0.05, 0) is 60.0 Å². The minimum Gasteiger partial charge on any atom is -0.507 e. The monoisotopic (exact) mass is 463 g/mol. The van der Waals surface area contributed by atoms with Gasteiger partial charge in [0.15, 0.2) is 5.78 Å². The van der Waals surface area contributed by atoms with Crippen molar-refractivity contribution in [3.8, 4) is 11.8 Å². The molecular formula is C25H25N3O4S. The molecule has 2 aromatic rings. The number of hydrogen-bond acceptors (Lipinski definition) is 6. The third-order valence-electron chi connectivity index (χ3n) is 7.25. The van der Waals surface area contributed by atoms with Crippen LogP contribution in [0.25, 0.3) is 5.57 Å². The minimum atomic E-state index is -3.95. The molecule has 2 aromatic carbocycles. The van der Waals surface area contributed by atoms with E-state index in [1.807, 2.05) is 31.9 Å². The van der Waals surface area contributed by atoms with E-state index < -0.39 is 15.4 Å². The number of phenols is 1. The Morgan fingerprint density at radius 3 is 2.42 bits per heavy atom. The molecule has 0 unspecified atom stereocenters. The van der Waals surface area contributed by atoms with Crippen LogP contribution < -0.4 is 0 Å². The maximum absolute atomic E-state index is 13.7. The van der Waals surface area contributed by atoms with Crippen LogP contribution in [0.1, 0.15) is 46.5 Å². The minimum absolute atomic E-state index is 0.225. The van der Waals surface area contributed by atoms with Gasteiger partial charge in [0, 0.05) is 42.7 Å². The lowest BCUT2D eigenvalue weighted by atomic mass is 9.68. The Bertz CT molecular complexity index is 1390.